The minimum atomic E-state index is 0.383. The predicted octanol–water partition coefficient (Wildman–Crippen LogP) is 1.61. The molecule has 3 rings (SSSR count). The fourth-order valence-corrected chi connectivity index (χ4v) is 3.30. The lowest BCUT2D eigenvalue weighted by Gasteiger charge is -2.35. The molecule has 0 amide bonds. The largest absolute Gasteiger partial charge is 0.381 e. The average Bonchev–Trinajstić information content (AvgIpc) is 2.50. The second kappa shape index (κ2) is 2.73. The van der Waals surface area contributed by atoms with Crippen LogP contribution >= 0.6 is 0 Å². The number of ether oxygens (including phenoxy) is 1. The van der Waals surface area contributed by atoms with Crippen LogP contribution in [0.15, 0.2) is 0 Å². The van der Waals surface area contributed by atoms with E-state index in [1.54, 1.807) is 0 Å². The summed E-state index contributed by atoms with van der Waals surface area (Å²) in [5.74, 6) is 3.99. The van der Waals surface area contributed by atoms with Gasteiger partial charge in [-0.15, -0.1) is 0 Å². The van der Waals surface area contributed by atoms with Crippen molar-refractivity contribution in [3.05, 3.63) is 0 Å². The van der Waals surface area contributed by atoms with Crippen molar-refractivity contribution in [3.8, 4) is 0 Å². The van der Waals surface area contributed by atoms with Gasteiger partial charge in [-0.25, -0.2) is 0 Å². The summed E-state index contributed by atoms with van der Waals surface area (Å²) < 4.78 is 5.28. The lowest BCUT2D eigenvalue weighted by molar-refractivity contribution is -0.0515. The maximum Gasteiger partial charge on any atom is 0.0519 e. The first-order valence-electron chi connectivity index (χ1n) is 5.90. The molecule has 1 saturated carbocycles. The summed E-state index contributed by atoms with van der Waals surface area (Å²) in [6.45, 7) is 11.8. The van der Waals surface area contributed by atoms with Crippen molar-refractivity contribution in [1.82, 2.24) is 4.90 Å². The summed E-state index contributed by atoms with van der Waals surface area (Å²) in [5.41, 5.74) is 0.383. The number of hydrogen-bond acceptors (Lipinski definition) is 2. The van der Waals surface area contributed by atoms with Gasteiger partial charge < -0.3 is 4.74 Å². The molecule has 0 aromatic rings. The zero-order chi connectivity index (χ0) is 9.92. The summed E-state index contributed by atoms with van der Waals surface area (Å²) in [5, 5.41) is 0. The van der Waals surface area contributed by atoms with E-state index in [-0.39, 0.29) is 0 Å². The van der Waals surface area contributed by atoms with Crippen LogP contribution in [0.2, 0.25) is 0 Å². The van der Waals surface area contributed by atoms with E-state index in [4.69, 9.17) is 4.74 Å². The third-order valence-corrected chi connectivity index (χ3v) is 4.42. The SMILES string of the molecule is CC(C)(C)N1CC2C(C1)C2C1COC1. The second-order valence-electron chi connectivity index (χ2n) is 6.28. The predicted molar refractivity (Wildman–Crippen MR) is 56.1 cm³/mol. The Hall–Kier alpha value is -0.0800. The number of piperidine rings is 1. The smallest absolute Gasteiger partial charge is 0.0519 e. The van der Waals surface area contributed by atoms with Crippen LogP contribution in [0.25, 0.3) is 0 Å². The van der Waals surface area contributed by atoms with Crippen LogP contribution in [0.1, 0.15) is 20.8 Å². The van der Waals surface area contributed by atoms with Crippen LogP contribution < -0.4 is 0 Å². The van der Waals surface area contributed by atoms with Crippen molar-refractivity contribution < 1.29 is 4.74 Å². The zero-order valence-electron chi connectivity index (χ0n) is 9.49. The fourth-order valence-electron chi connectivity index (χ4n) is 3.30. The number of rotatable bonds is 1. The van der Waals surface area contributed by atoms with Crippen LogP contribution in [0.3, 0.4) is 0 Å². The molecule has 3 fully saturated rings. The highest BCUT2D eigenvalue weighted by molar-refractivity contribution is 5.10. The molecule has 3 aliphatic rings. The minimum Gasteiger partial charge on any atom is -0.381 e. The van der Waals surface area contributed by atoms with Crippen LogP contribution in [0, 0.1) is 23.7 Å². The first-order chi connectivity index (χ1) is 6.57. The van der Waals surface area contributed by atoms with Gasteiger partial charge in [0, 0.05) is 24.5 Å². The summed E-state index contributed by atoms with van der Waals surface area (Å²) in [4.78, 5) is 2.65. The van der Waals surface area contributed by atoms with Gasteiger partial charge in [-0.05, 0) is 38.5 Å². The van der Waals surface area contributed by atoms with Gasteiger partial charge in [-0.2, -0.15) is 0 Å². The summed E-state index contributed by atoms with van der Waals surface area (Å²) in [6, 6.07) is 0. The van der Waals surface area contributed by atoms with Gasteiger partial charge in [0.2, 0.25) is 0 Å². The molecular weight excluding hydrogens is 174 g/mol. The molecule has 1 aliphatic carbocycles. The Balaban J connectivity index is 1.57. The highest BCUT2D eigenvalue weighted by Crippen LogP contribution is 2.57. The molecule has 0 radical (unpaired) electrons. The highest BCUT2D eigenvalue weighted by Gasteiger charge is 2.60. The van der Waals surface area contributed by atoms with Crippen LogP contribution in [-0.4, -0.2) is 36.7 Å². The van der Waals surface area contributed by atoms with Crippen molar-refractivity contribution in [2.75, 3.05) is 26.3 Å². The molecule has 2 unspecified atom stereocenters. The zero-order valence-corrected chi connectivity index (χ0v) is 9.49. The Morgan fingerprint density at radius 3 is 2.00 bits per heavy atom. The van der Waals surface area contributed by atoms with E-state index in [0.717, 1.165) is 36.9 Å². The maximum atomic E-state index is 5.28. The molecule has 0 bridgehead atoms. The quantitative estimate of drug-likeness (QED) is 0.630. The summed E-state index contributed by atoms with van der Waals surface area (Å²) >= 11 is 0. The Morgan fingerprint density at radius 2 is 1.64 bits per heavy atom. The van der Waals surface area contributed by atoms with Crippen molar-refractivity contribution >= 4 is 0 Å². The van der Waals surface area contributed by atoms with E-state index >= 15 is 0 Å². The molecule has 0 spiro atoms. The Kier molecular flexibility index (Phi) is 1.79. The van der Waals surface area contributed by atoms with Gasteiger partial charge >= 0.3 is 0 Å². The van der Waals surface area contributed by atoms with Crippen molar-refractivity contribution in [1.29, 1.82) is 0 Å². The van der Waals surface area contributed by atoms with Crippen LogP contribution in [0.4, 0.5) is 0 Å². The molecule has 2 heteroatoms. The van der Waals surface area contributed by atoms with Gasteiger partial charge in [-0.3, -0.25) is 4.90 Å². The number of hydrogen-bond donors (Lipinski definition) is 0. The molecule has 0 aromatic heterocycles. The van der Waals surface area contributed by atoms with Gasteiger partial charge in [-0.1, -0.05) is 0 Å². The number of fused-ring (bicyclic) bond motifs is 1. The van der Waals surface area contributed by atoms with E-state index in [1.807, 2.05) is 0 Å². The lowest BCUT2D eigenvalue weighted by atomic mass is 9.97. The van der Waals surface area contributed by atoms with E-state index in [0.29, 0.717) is 5.54 Å². The molecular formula is C12H21NO. The molecule has 80 valence electrons. The highest BCUT2D eigenvalue weighted by atomic mass is 16.5. The summed E-state index contributed by atoms with van der Waals surface area (Å²) in [6.07, 6.45) is 0. The van der Waals surface area contributed by atoms with E-state index in [9.17, 15) is 0 Å². The van der Waals surface area contributed by atoms with Crippen LogP contribution in [-0.2, 0) is 4.74 Å². The molecule has 0 N–H and O–H groups in total. The second-order valence-corrected chi connectivity index (χ2v) is 6.28. The first kappa shape index (κ1) is 9.17. The Bertz CT molecular complexity index is 229. The third kappa shape index (κ3) is 1.24. The minimum absolute atomic E-state index is 0.383. The Labute approximate surface area is 86.6 Å². The van der Waals surface area contributed by atoms with Gasteiger partial charge in [0.1, 0.15) is 0 Å². The molecule has 2 nitrogen and oxygen atoms in total. The van der Waals surface area contributed by atoms with Crippen molar-refractivity contribution in [2.24, 2.45) is 23.7 Å². The normalized spacial score (nSPS) is 43.5. The molecule has 14 heavy (non-hydrogen) atoms. The van der Waals surface area contributed by atoms with Gasteiger partial charge in [0.25, 0.3) is 0 Å². The maximum absolute atomic E-state index is 5.28. The number of likely N-dealkylation sites (tertiary alicyclic amines) is 1. The van der Waals surface area contributed by atoms with Crippen LogP contribution in [0.5, 0.6) is 0 Å². The number of nitrogens with zero attached hydrogens (tertiary/aromatic N) is 1. The van der Waals surface area contributed by atoms with Gasteiger partial charge in [0.05, 0.1) is 13.2 Å². The average molecular weight is 195 g/mol. The lowest BCUT2D eigenvalue weighted by Crippen LogP contribution is -2.43. The standard InChI is InChI=1S/C12H21NO/c1-12(2,3)13-4-9-10(5-13)11(9)8-6-14-7-8/h8-11H,4-7H2,1-3H3. The molecule has 2 saturated heterocycles. The van der Waals surface area contributed by atoms with Gasteiger partial charge in [0.15, 0.2) is 0 Å². The first-order valence-corrected chi connectivity index (χ1v) is 5.90. The van der Waals surface area contributed by atoms with E-state index < -0.39 is 0 Å². The third-order valence-electron chi connectivity index (χ3n) is 4.42. The monoisotopic (exact) mass is 195 g/mol. The topological polar surface area (TPSA) is 12.5 Å². The van der Waals surface area contributed by atoms with E-state index in [2.05, 4.69) is 25.7 Å². The molecule has 0 aromatic carbocycles. The Morgan fingerprint density at radius 1 is 1.07 bits per heavy atom. The summed E-state index contributed by atoms with van der Waals surface area (Å²) in [7, 11) is 0. The fraction of sp³-hybridized carbons (Fsp3) is 1.00. The van der Waals surface area contributed by atoms with E-state index in [1.165, 1.54) is 13.1 Å². The molecule has 2 heterocycles. The van der Waals surface area contributed by atoms with Crippen molar-refractivity contribution in [2.45, 2.75) is 26.3 Å². The molecule has 2 atom stereocenters. The van der Waals surface area contributed by atoms with Crippen molar-refractivity contribution in [3.63, 3.8) is 0 Å². The molecule has 2 aliphatic heterocycles.